The van der Waals surface area contributed by atoms with Gasteiger partial charge in [-0.25, -0.2) is 0 Å². The van der Waals surface area contributed by atoms with Crippen molar-refractivity contribution in [1.82, 2.24) is 5.32 Å². The lowest BCUT2D eigenvalue weighted by atomic mass is 9.93. The average molecular weight is 405 g/mol. The molecule has 3 unspecified atom stereocenters. The molecule has 1 aromatic rings. The topological polar surface area (TPSA) is 21.3 Å². The van der Waals surface area contributed by atoms with Gasteiger partial charge < -0.3 is 10.1 Å². The van der Waals surface area contributed by atoms with Crippen LogP contribution in [0.15, 0.2) is 21.1 Å². The molecule has 0 spiro atoms. The highest BCUT2D eigenvalue weighted by molar-refractivity contribution is 9.11. The van der Waals surface area contributed by atoms with Crippen molar-refractivity contribution in [3.8, 4) is 5.75 Å². The van der Waals surface area contributed by atoms with E-state index in [0.717, 1.165) is 33.1 Å². The molecule has 1 aliphatic carbocycles. The van der Waals surface area contributed by atoms with Crippen LogP contribution in [0.2, 0.25) is 0 Å². The number of rotatable bonds is 5. The molecule has 4 heteroatoms. The van der Waals surface area contributed by atoms with Gasteiger partial charge in [-0.1, -0.05) is 20.3 Å². The molecular formula is C16H23Br2NO. The van der Waals surface area contributed by atoms with Gasteiger partial charge in [0, 0.05) is 12.6 Å². The summed E-state index contributed by atoms with van der Waals surface area (Å²) in [6.45, 7) is 5.60. The van der Waals surface area contributed by atoms with Gasteiger partial charge in [-0.2, -0.15) is 0 Å². The summed E-state index contributed by atoms with van der Waals surface area (Å²) in [4.78, 5) is 0. The molecule has 2 nitrogen and oxygen atoms in total. The van der Waals surface area contributed by atoms with Crippen molar-refractivity contribution >= 4 is 31.9 Å². The number of halogens is 2. The first-order valence-corrected chi connectivity index (χ1v) is 8.90. The molecule has 112 valence electrons. The third kappa shape index (κ3) is 3.58. The molecule has 3 atom stereocenters. The second kappa shape index (κ2) is 7.28. The summed E-state index contributed by atoms with van der Waals surface area (Å²) in [5, 5.41) is 3.72. The zero-order chi connectivity index (χ0) is 14.7. The van der Waals surface area contributed by atoms with Gasteiger partial charge in [0.2, 0.25) is 0 Å². The Balaban J connectivity index is 1.98. The molecule has 0 aromatic heterocycles. The third-order valence-corrected chi connectivity index (χ3v) is 5.76. The molecule has 1 aromatic carbocycles. The molecule has 0 radical (unpaired) electrons. The third-order valence-electron chi connectivity index (χ3n) is 4.58. The average Bonchev–Trinajstić information content (AvgIpc) is 2.76. The van der Waals surface area contributed by atoms with Crippen LogP contribution in [-0.4, -0.2) is 13.2 Å². The maximum absolute atomic E-state index is 5.34. The predicted octanol–water partition coefficient (Wildman–Crippen LogP) is 5.13. The van der Waals surface area contributed by atoms with Crippen molar-refractivity contribution in [2.45, 2.75) is 45.7 Å². The van der Waals surface area contributed by atoms with Gasteiger partial charge in [-0.05, 0) is 74.2 Å². The lowest BCUT2D eigenvalue weighted by Crippen LogP contribution is -2.32. The molecule has 0 aliphatic heterocycles. The van der Waals surface area contributed by atoms with Crippen LogP contribution in [0.25, 0.3) is 0 Å². The van der Waals surface area contributed by atoms with E-state index in [4.69, 9.17) is 4.74 Å². The van der Waals surface area contributed by atoms with Gasteiger partial charge in [0.05, 0.1) is 16.1 Å². The summed E-state index contributed by atoms with van der Waals surface area (Å²) in [5.74, 6) is 2.53. The van der Waals surface area contributed by atoms with Gasteiger partial charge >= 0.3 is 0 Å². The smallest absolute Gasteiger partial charge is 0.147 e. The fraction of sp³-hybridized carbons (Fsp3) is 0.625. The molecule has 0 bridgehead atoms. The highest BCUT2D eigenvalue weighted by Crippen LogP contribution is 2.36. The van der Waals surface area contributed by atoms with E-state index in [0.29, 0.717) is 6.04 Å². The van der Waals surface area contributed by atoms with Crippen LogP contribution >= 0.6 is 31.9 Å². The Morgan fingerprint density at radius 2 is 1.90 bits per heavy atom. The fourth-order valence-corrected chi connectivity index (χ4v) is 4.88. The Morgan fingerprint density at radius 1 is 1.25 bits per heavy atom. The van der Waals surface area contributed by atoms with E-state index >= 15 is 0 Å². The number of methoxy groups -OCH3 is 1. The van der Waals surface area contributed by atoms with E-state index in [1.54, 1.807) is 7.11 Å². The molecule has 1 fully saturated rings. The Bertz CT molecular complexity index is 441. The molecular weight excluding hydrogens is 382 g/mol. The van der Waals surface area contributed by atoms with Gasteiger partial charge in [0.15, 0.2) is 0 Å². The minimum Gasteiger partial charge on any atom is -0.494 e. The molecule has 1 aliphatic rings. The van der Waals surface area contributed by atoms with Crippen LogP contribution in [0, 0.1) is 11.8 Å². The summed E-state index contributed by atoms with van der Waals surface area (Å²) in [5.41, 5.74) is 1.27. The van der Waals surface area contributed by atoms with Crippen molar-refractivity contribution in [2.75, 3.05) is 7.11 Å². The lowest BCUT2D eigenvalue weighted by Gasteiger charge is -2.21. The van der Waals surface area contributed by atoms with Crippen molar-refractivity contribution in [2.24, 2.45) is 11.8 Å². The van der Waals surface area contributed by atoms with E-state index in [2.05, 4.69) is 63.2 Å². The first-order chi connectivity index (χ1) is 9.56. The Kier molecular flexibility index (Phi) is 5.94. The number of nitrogens with one attached hydrogen (secondary N) is 1. The highest BCUT2D eigenvalue weighted by atomic mass is 79.9. The highest BCUT2D eigenvalue weighted by Gasteiger charge is 2.30. The number of hydrogen-bond donors (Lipinski definition) is 1. The SMILES string of the molecule is CCC1CCC(NCc2cc(Br)c(OC)c(Br)c2)C1C. The number of benzene rings is 1. The monoisotopic (exact) mass is 403 g/mol. The standard InChI is InChI=1S/C16H23Br2NO/c1-4-12-5-6-15(10(12)2)19-9-11-7-13(17)16(20-3)14(18)8-11/h7-8,10,12,15,19H,4-6,9H2,1-3H3. The maximum Gasteiger partial charge on any atom is 0.147 e. The zero-order valence-corrected chi connectivity index (χ0v) is 15.6. The normalized spacial score (nSPS) is 25.9. The van der Waals surface area contributed by atoms with E-state index in [-0.39, 0.29) is 0 Å². The van der Waals surface area contributed by atoms with E-state index in [1.807, 2.05) is 0 Å². The Morgan fingerprint density at radius 3 is 2.40 bits per heavy atom. The van der Waals surface area contributed by atoms with E-state index in [1.165, 1.54) is 24.8 Å². The van der Waals surface area contributed by atoms with Gasteiger partial charge in [-0.15, -0.1) is 0 Å². The number of hydrogen-bond acceptors (Lipinski definition) is 2. The van der Waals surface area contributed by atoms with Crippen LogP contribution in [0.1, 0.15) is 38.7 Å². The molecule has 0 amide bonds. The molecule has 0 heterocycles. The molecule has 0 saturated heterocycles. The van der Waals surface area contributed by atoms with Crippen LogP contribution < -0.4 is 10.1 Å². The van der Waals surface area contributed by atoms with Crippen molar-refractivity contribution in [1.29, 1.82) is 0 Å². The predicted molar refractivity (Wildman–Crippen MR) is 91.2 cm³/mol. The lowest BCUT2D eigenvalue weighted by molar-refractivity contribution is 0.344. The summed E-state index contributed by atoms with van der Waals surface area (Å²) < 4.78 is 7.33. The van der Waals surface area contributed by atoms with Crippen LogP contribution in [0.5, 0.6) is 5.75 Å². The minimum absolute atomic E-state index is 0.652. The molecule has 1 N–H and O–H groups in total. The first-order valence-electron chi connectivity index (χ1n) is 7.32. The molecule has 2 rings (SSSR count). The van der Waals surface area contributed by atoms with Gasteiger partial charge in [0.1, 0.15) is 5.75 Å². The molecule has 20 heavy (non-hydrogen) atoms. The largest absolute Gasteiger partial charge is 0.494 e. The molecule has 1 saturated carbocycles. The van der Waals surface area contributed by atoms with Gasteiger partial charge in [-0.3, -0.25) is 0 Å². The summed E-state index contributed by atoms with van der Waals surface area (Å²) in [6.07, 6.45) is 3.97. The summed E-state index contributed by atoms with van der Waals surface area (Å²) in [7, 11) is 1.69. The quantitative estimate of drug-likeness (QED) is 0.733. The second-order valence-electron chi connectivity index (χ2n) is 5.68. The van der Waals surface area contributed by atoms with E-state index in [9.17, 15) is 0 Å². The second-order valence-corrected chi connectivity index (χ2v) is 7.39. The van der Waals surface area contributed by atoms with Crippen LogP contribution in [0.4, 0.5) is 0 Å². The van der Waals surface area contributed by atoms with Gasteiger partial charge in [0.25, 0.3) is 0 Å². The summed E-state index contributed by atoms with van der Waals surface area (Å²) in [6, 6.07) is 4.92. The van der Waals surface area contributed by atoms with Crippen LogP contribution in [-0.2, 0) is 6.54 Å². The Labute approximate surface area is 138 Å². The van der Waals surface area contributed by atoms with Crippen LogP contribution in [0.3, 0.4) is 0 Å². The maximum atomic E-state index is 5.34. The minimum atomic E-state index is 0.652. The zero-order valence-electron chi connectivity index (χ0n) is 12.4. The van der Waals surface area contributed by atoms with Crippen molar-refractivity contribution in [3.63, 3.8) is 0 Å². The first kappa shape index (κ1) is 16.3. The van der Waals surface area contributed by atoms with Crippen molar-refractivity contribution in [3.05, 3.63) is 26.6 Å². The van der Waals surface area contributed by atoms with E-state index < -0.39 is 0 Å². The number of ether oxygens (including phenoxy) is 1. The Hall–Kier alpha value is -0.0600. The summed E-state index contributed by atoms with van der Waals surface area (Å²) >= 11 is 7.12. The fourth-order valence-electron chi connectivity index (χ4n) is 3.27. The van der Waals surface area contributed by atoms with Crippen molar-refractivity contribution < 1.29 is 4.74 Å².